The molecule has 2 aromatic rings. The van der Waals surface area contributed by atoms with Crippen molar-refractivity contribution in [3.05, 3.63) is 52.2 Å². The third-order valence-electron chi connectivity index (χ3n) is 3.70. The van der Waals surface area contributed by atoms with E-state index in [-0.39, 0.29) is 6.03 Å². The Labute approximate surface area is 129 Å². The largest absolute Gasteiger partial charge is 0.322 e. The van der Waals surface area contributed by atoms with Gasteiger partial charge in [0.25, 0.3) is 0 Å². The van der Waals surface area contributed by atoms with Gasteiger partial charge in [0.2, 0.25) is 0 Å². The molecule has 1 aromatic carbocycles. The molecular weight excluding hydrogens is 280 g/mol. The topological polar surface area (TPSA) is 32.3 Å². The van der Waals surface area contributed by atoms with Crippen LogP contribution in [0, 0.1) is 6.92 Å². The molecule has 1 saturated carbocycles. The number of amides is 2. The van der Waals surface area contributed by atoms with Crippen LogP contribution in [0.2, 0.25) is 0 Å². The zero-order chi connectivity index (χ0) is 14.7. The van der Waals surface area contributed by atoms with Gasteiger partial charge in [-0.15, -0.1) is 11.3 Å². The van der Waals surface area contributed by atoms with Crippen molar-refractivity contribution in [2.45, 2.75) is 32.2 Å². The van der Waals surface area contributed by atoms with E-state index in [1.165, 1.54) is 4.88 Å². The van der Waals surface area contributed by atoms with E-state index in [0.717, 1.165) is 37.1 Å². The number of urea groups is 1. The molecule has 0 bridgehead atoms. The van der Waals surface area contributed by atoms with Gasteiger partial charge in [-0.2, -0.15) is 0 Å². The van der Waals surface area contributed by atoms with Crippen molar-refractivity contribution in [1.82, 2.24) is 4.90 Å². The molecule has 21 heavy (non-hydrogen) atoms. The van der Waals surface area contributed by atoms with Gasteiger partial charge in [-0.25, -0.2) is 4.79 Å². The van der Waals surface area contributed by atoms with Crippen LogP contribution in [-0.4, -0.2) is 23.5 Å². The van der Waals surface area contributed by atoms with Crippen LogP contribution in [0.5, 0.6) is 0 Å². The number of thiophene rings is 1. The summed E-state index contributed by atoms with van der Waals surface area (Å²) in [6.45, 7) is 2.83. The van der Waals surface area contributed by atoms with Gasteiger partial charge in [0.15, 0.2) is 0 Å². The third kappa shape index (κ3) is 3.85. The summed E-state index contributed by atoms with van der Waals surface area (Å²) < 4.78 is 0. The lowest BCUT2D eigenvalue weighted by Gasteiger charge is -2.22. The van der Waals surface area contributed by atoms with Crippen molar-refractivity contribution in [3.8, 4) is 0 Å². The second kappa shape index (κ2) is 6.31. The van der Waals surface area contributed by atoms with E-state index < -0.39 is 0 Å². The number of nitrogens with one attached hydrogen (secondary N) is 1. The fourth-order valence-electron chi connectivity index (χ4n) is 2.44. The van der Waals surface area contributed by atoms with Crippen LogP contribution in [0.1, 0.15) is 23.3 Å². The van der Waals surface area contributed by atoms with Gasteiger partial charge >= 0.3 is 6.03 Å². The van der Waals surface area contributed by atoms with Crippen LogP contribution >= 0.6 is 11.3 Å². The van der Waals surface area contributed by atoms with Gasteiger partial charge in [-0.1, -0.05) is 18.2 Å². The van der Waals surface area contributed by atoms with Gasteiger partial charge in [0.05, 0.1) is 0 Å². The molecule has 0 atom stereocenters. The van der Waals surface area contributed by atoms with Crippen molar-refractivity contribution >= 4 is 23.1 Å². The quantitative estimate of drug-likeness (QED) is 0.877. The molecule has 0 aliphatic heterocycles. The molecule has 1 aromatic heterocycles. The molecular formula is C17H20N2OS. The van der Waals surface area contributed by atoms with E-state index in [2.05, 4.69) is 22.8 Å². The van der Waals surface area contributed by atoms with Crippen molar-refractivity contribution in [1.29, 1.82) is 0 Å². The van der Waals surface area contributed by atoms with E-state index in [1.54, 1.807) is 11.3 Å². The van der Waals surface area contributed by atoms with Crippen LogP contribution in [0.25, 0.3) is 0 Å². The molecule has 3 nitrogen and oxygen atoms in total. The highest BCUT2D eigenvalue weighted by Gasteiger charge is 2.32. The summed E-state index contributed by atoms with van der Waals surface area (Å²) in [6.07, 6.45) is 3.20. The maximum atomic E-state index is 12.5. The molecule has 4 heteroatoms. The second-order valence-corrected chi connectivity index (χ2v) is 6.59. The van der Waals surface area contributed by atoms with Crippen molar-refractivity contribution in [2.24, 2.45) is 0 Å². The van der Waals surface area contributed by atoms with E-state index >= 15 is 0 Å². The monoisotopic (exact) mass is 300 g/mol. The Morgan fingerprint density at radius 3 is 2.86 bits per heavy atom. The average molecular weight is 300 g/mol. The maximum Gasteiger partial charge on any atom is 0.322 e. The molecule has 0 unspecified atom stereocenters. The van der Waals surface area contributed by atoms with E-state index in [0.29, 0.717) is 6.04 Å². The first kappa shape index (κ1) is 14.1. The number of hydrogen-bond acceptors (Lipinski definition) is 2. The smallest absolute Gasteiger partial charge is 0.321 e. The van der Waals surface area contributed by atoms with Crippen LogP contribution in [0.4, 0.5) is 10.5 Å². The molecule has 3 rings (SSSR count). The third-order valence-corrected chi connectivity index (χ3v) is 4.63. The lowest BCUT2D eigenvalue weighted by Crippen LogP contribution is -2.38. The van der Waals surface area contributed by atoms with Crippen LogP contribution in [0.3, 0.4) is 0 Å². The SMILES string of the molecule is Cc1cccc(NC(=O)N(CCc2cccs2)C2CC2)c1. The van der Waals surface area contributed by atoms with Crippen molar-refractivity contribution < 1.29 is 4.79 Å². The minimum absolute atomic E-state index is 0.0275. The molecule has 1 aliphatic carbocycles. The Balaban J connectivity index is 1.62. The zero-order valence-corrected chi connectivity index (χ0v) is 13.0. The summed E-state index contributed by atoms with van der Waals surface area (Å²) in [7, 11) is 0. The molecule has 0 radical (unpaired) electrons. The summed E-state index contributed by atoms with van der Waals surface area (Å²) in [4.78, 5) is 15.8. The molecule has 1 heterocycles. The fraction of sp³-hybridized carbons (Fsp3) is 0.353. The molecule has 0 saturated heterocycles. The number of rotatable bonds is 5. The Morgan fingerprint density at radius 2 is 2.19 bits per heavy atom. The fourth-order valence-corrected chi connectivity index (χ4v) is 3.14. The van der Waals surface area contributed by atoms with Crippen LogP contribution in [-0.2, 0) is 6.42 Å². The number of benzene rings is 1. The summed E-state index contributed by atoms with van der Waals surface area (Å²) >= 11 is 1.76. The number of hydrogen-bond donors (Lipinski definition) is 1. The predicted octanol–water partition coefficient (Wildman–Crippen LogP) is 4.30. The number of carbonyl (C=O) groups excluding carboxylic acids is 1. The zero-order valence-electron chi connectivity index (χ0n) is 12.2. The normalized spacial score (nSPS) is 14.0. The highest BCUT2D eigenvalue weighted by molar-refractivity contribution is 7.09. The van der Waals surface area contributed by atoms with Gasteiger partial charge in [0, 0.05) is 23.2 Å². The van der Waals surface area contributed by atoms with E-state index in [1.807, 2.05) is 36.1 Å². The van der Waals surface area contributed by atoms with Gasteiger partial charge in [0.1, 0.15) is 0 Å². The summed E-state index contributed by atoms with van der Waals surface area (Å²) in [6, 6.07) is 12.6. The predicted molar refractivity (Wildman–Crippen MR) is 87.9 cm³/mol. The van der Waals surface area contributed by atoms with E-state index in [4.69, 9.17) is 0 Å². The molecule has 1 fully saturated rings. The summed E-state index contributed by atoms with van der Waals surface area (Å²) in [5, 5.41) is 5.11. The van der Waals surface area contributed by atoms with Gasteiger partial charge in [-0.3, -0.25) is 0 Å². The minimum atomic E-state index is 0.0275. The molecule has 2 amide bonds. The van der Waals surface area contributed by atoms with Gasteiger partial charge < -0.3 is 10.2 Å². The highest BCUT2D eigenvalue weighted by atomic mass is 32.1. The lowest BCUT2D eigenvalue weighted by molar-refractivity contribution is 0.209. The summed E-state index contributed by atoms with van der Waals surface area (Å²) in [5.74, 6) is 0. The first-order valence-electron chi connectivity index (χ1n) is 7.39. The first-order valence-corrected chi connectivity index (χ1v) is 8.27. The first-order chi connectivity index (χ1) is 10.2. The second-order valence-electron chi connectivity index (χ2n) is 5.55. The Hall–Kier alpha value is -1.81. The molecule has 1 aliphatic rings. The van der Waals surface area contributed by atoms with Gasteiger partial charge in [-0.05, 0) is 55.3 Å². The van der Waals surface area contributed by atoms with E-state index in [9.17, 15) is 4.79 Å². The molecule has 1 N–H and O–H groups in total. The standard InChI is InChI=1S/C17H20N2OS/c1-13-4-2-5-14(12-13)18-17(20)19(15-7-8-15)10-9-16-6-3-11-21-16/h2-6,11-12,15H,7-10H2,1H3,(H,18,20). The highest BCUT2D eigenvalue weighted by Crippen LogP contribution is 2.28. The number of carbonyl (C=O) groups is 1. The number of aryl methyl sites for hydroxylation is 1. The van der Waals surface area contributed by atoms with Crippen LogP contribution in [0.15, 0.2) is 41.8 Å². The van der Waals surface area contributed by atoms with Crippen molar-refractivity contribution in [3.63, 3.8) is 0 Å². The molecule has 110 valence electrons. The molecule has 0 spiro atoms. The summed E-state index contributed by atoms with van der Waals surface area (Å²) in [5.41, 5.74) is 2.03. The Kier molecular flexibility index (Phi) is 4.25. The number of anilines is 1. The Morgan fingerprint density at radius 1 is 1.33 bits per heavy atom. The Bertz CT molecular complexity index is 605. The minimum Gasteiger partial charge on any atom is -0.321 e. The lowest BCUT2D eigenvalue weighted by atomic mass is 10.2. The van der Waals surface area contributed by atoms with Crippen molar-refractivity contribution in [2.75, 3.05) is 11.9 Å². The number of nitrogens with zero attached hydrogens (tertiary/aromatic N) is 1. The van der Waals surface area contributed by atoms with Crippen LogP contribution < -0.4 is 5.32 Å². The average Bonchev–Trinajstić information content (AvgIpc) is 3.14. The maximum absolute atomic E-state index is 12.5.